The first-order valence-corrected chi connectivity index (χ1v) is 9.57. The van der Waals surface area contributed by atoms with Crippen molar-refractivity contribution in [3.05, 3.63) is 47.4 Å². The molecule has 0 unspecified atom stereocenters. The van der Waals surface area contributed by atoms with Gasteiger partial charge in [-0.25, -0.2) is 9.97 Å². The number of nitrogens with zero attached hydrogens (tertiary/aromatic N) is 5. The molecule has 3 heterocycles. The molecule has 0 spiro atoms. The number of aromatic nitrogens is 4. The highest BCUT2D eigenvalue weighted by Crippen LogP contribution is 2.26. The lowest BCUT2D eigenvalue weighted by Crippen LogP contribution is -2.36. The van der Waals surface area contributed by atoms with Crippen LogP contribution in [0.5, 0.6) is 0 Å². The minimum Gasteiger partial charge on any atom is -0.378 e. The molecule has 0 saturated carbocycles. The van der Waals surface area contributed by atoms with Gasteiger partial charge in [-0.3, -0.25) is 4.68 Å². The molecule has 4 rings (SSSR count). The Bertz CT molecular complexity index is 973. The molecule has 7 heteroatoms. The molecular weight excluding hydrogens is 352 g/mol. The summed E-state index contributed by atoms with van der Waals surface area (Å²) >= 11 is 0. The van der Waals surface area contributed by atoms with Gasteiger partial charge in [-0.2, -0.15) is 5.10 Å². The van der Waals surface area contributed by atoms with E-state index in [1.54, 1.807) is 0 Å². The second kappa shape index (κ2) is 7.59. The van der Waals surface area contributed by atoms with Gasteiger partial charge < -0.3 is 15.0 Å². The normalized spacial score (nSPS) is 14.4. The van der Waals surface area contributed by atoms with E-state index in [0.29, 0.717) is 5.82 Å². The van der Waals surface area contributed by atoms with Crippen LogP contribution in [0.1, 0.15) is 17.1 Å². The summed E-state index contributed by atoms with van der Waals surface area (Å²) in [6.07, 6.45) is 0. The fourth-order valence-electron chi connectivity index (χ4n) is 3.57. The second-order valence-electron chi connectivity index (χ2n) is 7.16. The highest BCUT2D eigenvalue weighted by molar-refractivity contribution is 5.66. The molecule has 0 amide bonds. The topological polar surface area (TPSA) is 68.1 Å². The van der Waals surface area contributed by atoms with Gasteiger partial charge in [0.05, 0.1) is 24.5 Å². The molecule has 0 atom stereocenters. The van der Waals surface area contributed by atoms with Crippen LogP contribution in [0.3, 0.4) is 0 Å². The number of nitrogens with one attached hydrogen (secondary N) is 1. The lowest BCUT2D eigenvalue weighted by molar-refractivity contribution is 0.122. The lowest BCUT2D eigenvalue weighted by atomic mass is 10.2. The Morgan fingerprint density at radius 3 is 2.36 bits per heavy atom. The molecule has 1 aliphatic rings. The summed E-state index contributed by atoms with van der Waals surface area (Å²) in [5, 5.41) is 7.90. The highest BCUT2D eigenvalue weighted by atomic mass is 16.5. The van der Waals surface area contributed by atoms with Crippen LogP contribution in [0.15, 0.2) is 30.3 Å². The molecule has 28 heavy (non-hydrogen) atoms. The predicted octanol–water partition coefficient (Wildman–Crippen LogP) is 3.38. The first-order chi connectivity index (χ1) is 13.5. The maximum Gasteiger partial charge on any atom is 0.165 e. The maximum absolute atomic E-state index is 5.43. The third kappa shape index (κ3) is 3.71. The number of anilines is 3. The van der Waals surface area contributed by atoms with Crippen LogP contribution in [-0.4, -0.2) is 46.1 Å². The van der Waals surface area contributed by atoms with Gasteiger partial charge in [0.15, 0.2) is 5.82 Å². The second-order valence-corrected chi connectivity index (χ2v) is 7.16. The third-order valence-corrected chi connectivity index (χ3v) is 5.10. The lowest BCUT2D eigenvalue weighted by Gasteiger charge is -2.28. The average molecular weight is 378 g/mol. The van der Waals surface area contributed by atoms with Gasteiger partial charge >= 0.3 is 0 Å². The van der Waals surface area contributed by atoms with E-state index in [1.165, 1.54) is 5.69 Å². The molecule has 146 valence electrons. The number of rotatable bonds is 4. The van der Waals surface area contributed by atoms with Crippen LogP contribution in [0.4, 0.5) is 17.2 Å². The molecule has 2 aromatic heterocycles. The Hall–Kier alpha value is -2.93. The molecule has 1 saturated heterocycles. The van der Waals surface area contributed by atoms with E-state index in [0.717, 1.165) is 60.5 Å². The van der Waals surface area contributed by atoms with E-state index < -0.39 is 0 Å². The van der Waals surface area contributed by atoms with E-state index in [-0.39, 0.29) is 0 Å². The SMILES string of the molecule is Cc1cc(Nc2ccc(N3CCOCC3)cc2)nc(-c2c(C)nn(C)c2C)n1. The maximum atomic E-state index is 5.43. The summed E-state index contributed by atoms with van der Waals surface area (Å²) in [5.74, 6) is 1.49. The summed E-state index contributed by atoms with van der Waals surface area (Å²) in [6.45, 7) is 9.46. The van der Waals surface area contributed by atoms with E-state index in [9.17, 15) is 0 Å². The summed E-state index contributed by atoms with van der Waals surface area (Å²) in [5.41, 5.74) is 6.13. The van der Waals surface area contributed by atoms with Crippen molar-refractivity contribution in [2.75, 3.05) is 36.5 Å². The fourth-order valence-corrected chi connectivity index (χ4v) is 3.57. The van der Waals surface area contributed by atoms with Crippen molar-refractivity contribution in [2.24, 2.45) is 7.05 Å². The molecule has 0 bridgehead atoms. The van der Waals surface area contributed by atoms with Gasteiger partial charge in [-0.05, 0) is 45.0 Å². The molecule has 1 N–H and O–H groups in total. The summed E-state index contributed by atoms with van der Waals surface area (Å²) in [7, 11) is 1.94. The number of hydrogen-bond acceptors (Lipinski definition) is 6. The number of aryl methyl sites for hydroxylation is 3. The Labute approximate surface area is 165 Å². The highest BCUT2D eigenvalue weighted by Gasteiger charge is 2.16. The molecular formula is C21H26N6O. The van der Waals surface area contributed by atoms with Crippen LogP contribution in [-0.2, 0) is 11.8 Å². The van der Waals surface area contributed by atoms with Crippen molar-refractivity contribution in [1.29, 1.82) is 0 Å². The first kappa shape index (κ1) is 18.4. The van der Waals surface area contributed by atoms with Crippen molar-refractivity contribution in [2.45, 2.75) is 20.8 Å². The van der Waals surface area contributed by atoms with Crippen LogP contribution in [0, 0.1) is 20.8 Å². The largest absolute Gasteiger partial charge is 0.378 e. The van der Waals surface area contributed by atoms with Gasteiger partial charge in [0.2, 0.25) is 0 Å². The summed E-state index contributed by atoms with van der Waals surface area (Å²) in [4.78, 5) is 11.7. The molecule has 0 radical (unpaired) electrons. The summed E-state index contributed by atoms with van der Waals surface area (Å²) in [6, 6.07) is 10.4. The monoisotopic (exact) mass is 378 g/mol. The van der Waals surface area contributed by atoms with E-state index in [4.69, 9.17) is 9.72 Å². The number of morpholine rings is 1. The quantitative estimate of drug-likeness (QED) is 0.751. The van der Waals surface area contributed by atoms with E-state index in [1.807, 2.05) is 38.6 Å². The van der Waals surface area contributed by atoms with Gasteiger partial charge in [-0.1, -0.05) is 0 Å². The standard InChI is InChI=1S/C21H26N6O/c1-14-13-19(24-21(22-14)20-15(2)25-26(4)16(20)3)23-17-5-7-18(8-6-17)27-9-11-28-12-10-27/h5-8,13H,9-12H2,1-4H3,(H,22,23,24). The van der Waals surface area contributed by atoms with E-state index in [2.05, 4.69) is 44.6 Å². The zero-order valence-corrected chi connectivity index (χ0v) is 16.9. The van der Waals surface area contributed by atoms with Crippen molar-refractivity contribution >= 4 is 17.2 Å². The zero-order valence-electron chi connectivity index (χ0n) is 16.9. The number of hydrogen-bond donors (Lipinski definition) is 1. The summed E-state index contributed by atoms with van der Waals surface area (Å²) < 4.78 is 7.30. The minimum absolute atomic E-state index is 0.704. The van der Waals surface area contributed by atoms with Gasteiger partial charge in [0.25, 0.3) is 0 Å². The molecule has 1 fully saturated rings. The van der Waals surface area contributed by atoms with Crippen molar-refractivity contribution in [3.8, 4) is 11.4 Å². The van der Waals surface area contributed by atoms with Gasteiger partial charge in [-0.15, -0.1) is 0 Å². The minimum atomic E-state index is 0.704. The van der Waals surface area contributed by atoms with Crippen LogP contribution >= 0.6 is 0 Å². The van der Waals surface area contributed by atoms with Crippen molar-refractivity contribution in [1.82, 2.24) is 19.7 Å². The first-order valence-electron chi connectivity index (χ1n) is 9.57. The molecule has 1 aromatic carbocycles. The smallest absolute Gasteiger partial charge is 0.165 e. The zero-order chi connectivity index (χ0) is 19.7. The average Bonchev–Trinajstić information content (AvgIpc) is 2.94. The molecule has 7 nitrogen and oxygen atoms in total. The third-order valence-electron chi connectivity index (χ3n) is 5.10. The van der Waals surface area contributed by atoms with Crippen LogP contribution < -0.4 is 10.2 Å². The molecule has 1 aliphatic heterocycles. The van der Waals surface area contributed by atoms with Gasteiger partial charge in [0.1, 0.15) is 5.82 Å². The Morgan fingerprint density at radius 2 is 1.71 bits per heavy atom. The van der Waals surface area contributed by atoms with Crippen LogP contribution in [0.25, 0.3) is 11.4 Å². The van der Waals surface area contributed by atoms with Gasteiger partial charge in [0, 0.05) is 49.0 Å². The number of benzene rings is 1. The van der Waals surface area contributed by atoms with Crippen LogP contribution in [0.2, 0.25) is 0 Å². The molecule has 0 aliphatic carbocycles. The van der Waals surface area contributed by atoms with Crippen molar-refractivity contribution < 1.29 is 4.74 Å². The van der Waals surface area contributed by atoms with E-state index >= 15 is 0 Å². The Balaban J connectivity index is 1.57. The Morgan fingerprint density at radius 1 is 1.00 bits per heavy atom. The predicted molar refractivity (Wildman–Crippen MR) is 111 cm³/mol. The molecule has 3 aromatic rings. The Kier molecular flexibility index (Phi) is 5.00. The fraction of sp³-hybridized carbons (Fsp3) is 0.381. The number of ether oxygens (including phenoxy) is 1. The van der Waals surface area contributed by atoms with Crippen molar-refractivity contribution in [3.63, 3.8) is 0 Å².